The second-order valence-electron chi connectivity index (χ2n) is 8.91. The molecule has 0 N–H and O–H groups in total. The Morgan fingerprint density at radius 1 is 1.00 bits per heavy atom. The molecule has 148 valence electrons. The molecule has 0 fully saturated rings. The van der Waals surface area contributed by atoms with Gasteiger partial charge < -0.3 is 4.42 Å². The van der Waals surface area contributed by atoms with Gasteiger partial charge in [-0.2, -0.15) is 4.57 Å². The topological polar surface area (TPSA) is 17.0 Å². The van der Waals surface area contributed by atoms with Crippen LogP contribution in [0.15, 0.2) is 59.1 Å². The molecule has 3 heterocycles. The maximum atomic E-state index is 6.48. The number of aromatic nitrogens is 1. The first-order chi connectivity index (χ1) is 14.0. The zero-order valence-electron chi connectivity index (χ0n) is 18.1. The second kappa shape index (κ2) is 6.45. The monoisotopic (exact) mass is 384 g/mol. The number of hydrogen-bond acceptors (Lipinski definition) is 1. The van der Waals surface area contributed by atoms with Crippen LogP contribution >= 0.6 is 0 Å². The van der Waals surface area contributed by atoms with Crippen molar-refractivity contribution in [1.82, 2.24) is 0 Å². The highest BCUT2D eigenvalue weighted by atomic mass is 16.3. The van der Waals surface area contributed by atoms with Crippen molar-refractivity contribution in [1.29, 1.82) is 0 Å². The molecule has 0 spiro atoms. The molecule has 0 bridgehead atoms. The fourth-order valence-corrected chi connectivity index (χ4v) is 5.59. The van der Waals surface area contributed by atoms with Gasteiger partial charge in [0.2, 0.25) is 5.69 Å². The molecule has 5 rings (SSSR count). The third-order valence-electron chi connectivity index (χ3n) is 7.46. The molecule has 1 aliphatic rings. The fraction of sp³-hybridized carbons (Fsp3) is 0.370. The molecular formula is C27H30NO+. The lowest BCUT2D eigenvalue weighted by Crippen LogP contribution is -2.61. The van der Waals surface area contributed by atoms with Gasteiger partial charge in [0.1, 0.15) is 11.2 Å². The second-order valence-corrected chi connectivity index (χ2v) is 8.91. The highest BCUT2D eigenvalue weighted by molar-refractivity contribution is 6.09. The third kappa shape index (κ3) is 2.38. The smallest absolute Gasteiger partial charge is 0.217 e. The first-order valence-corrected chi connectivity index (χ1v) is 11.0. The molecule has 2 aromatic carbocycles. The number of nitrogens with zero attached hydrogens (tertiary/aromatic N) is 1. The van der Waals surface area contributed by atoms with E-state index in [1.165, 1.54) is 33.2 Å². The Kier molecular flexibility index (Phi) is 4.10. The summed E-state index contributed by atoms with van der Waals surface area (Å²) in [6.07, 6.45) is 4.56. The number of pyridine rings is 1. The molecule has 29 heavy (non-hydrogen) atoms. The molecule has 0 saturated carbocycles. The molecule has 1 atom stereocenters. The Balaban J connectivity index is 1.93. The molecule has 1 aliphatic heterocycles. The van der Waals surface area contributed by atoms with Crippen molar-refractivity contribution >= 4 is 21.9 Å². The van der Waals surface area contributed by atoms with Crippen molar-refractivity contribution in [2.45, 2.75) is 64.8 Å². The highest BCUT2D eigenvalue weighted by Gasteiger charge is 2.50. The van der Waals surface area contributed by atoms with E-state index in [9.17, 15) is 0 Å². The fourth-order valence-electron chi connectivity index (χ4n) is 5.59. The summed E-state index contributed by atoms with van der Waals surface area (Å²) >= 11 is 0. The summed E-state index contributed by atoms with van der Waals surface area (Å²) in [4.78, 5) is 0. The van der Waals surface area contributed by atoms with Gasteiger partial charge in [-0.15, -0.1) is 0 Å². The number of hydrogen-bond donors (Lipinski definition) is 0. The van der Waals surface area contributed by atoms with Crippen LogP contribution in [0.2, 0.25) is 0 Å². The van der Waals surface area contributed by atoms with Crippen LogP contribution in [0.1, 0.15) is 70.4 Å². The van der Waals surface area contributed by atoms with Crippen molar-refractivity contribution in [2.24, 2.45) is 0 Å². The van der Waals surface area contributed by atoms with Gasteiger partial charge in [-0.25, -0.2) is 0 Å². The van der Waals surface area contributed by atoms with E-state index in [-0.39, 0.29) is 5.54 Å². The zero-order chi connectivity index (χ0) is 20.3. The third-order valence-corrected chi connectivity index (χ3v) is 7.46. The lowest BCUT2D eigenvalue weighted by Gasteiger charge is -2.38. The normalized spacial score (nSPS) is 17.7. The quantitative estimate of drug-likeness (QED) is 0.339. The van der Waals surface area contributed by atoms with E-state index < -0.39 is 0 Å². The van der Waals surface area contributed by atoms with E-state index in [4.69, 9.17) is 4.42 Å². The Morgan fingerprint density at radius 2 is 1.76 bits per heavy atom. The minimum atomic E-state index is 0.0948. The predicted molar refractivity (Wildman–Crippen MR) is 120 cm³/mol. The van der Waals surface area contributed by atoms with Crippen molar-refractivity contribution in [3.63, 3.8) is 0 Å². The first kappa shape index (κ1) is 18.4. The largest absolute Gasteiger partial charge is 0.455 e. The molecule has 2 nitrogen and oxygen atoms in total. The average Bonchev–Trinajstić information content (AvgIpc) is 3.13. The van der Waals surface area contributed by atoms with Gasteiger partial charge in [0, 0.05) is 41.7 Å². The number of fused-ring (bicyclic) bond motifs is 7. The number of rotatable bonds is 3. The van der Waals surface area contributed by atoms with Gasteiger partial charge in [0.15, 0.2) is 11.7 Å². The minimum absolute atomic E-state index is 0.0948. The predicted octanol–water partition coefficient (Wildman–Crippen LogP) is 7.30. The highest BCUT2D eigenvalue weighted by Crippen LogP contribution is 2.48. The molecule has 2 heteroatoms. The molecule has 0 saturated heterocycles. The average molecular weight is 385 g/mol. The first-order valence-electron chi connectivity index (χ1n) is 11.0. The van der Waals surface area contributed by atoms with E-state index in [0.717, 1.165) is 24.0 Å². The Morgan fingerprint density at radius 3 is 2.48 bits per heavy atom. The van der Waals surface area contributed by atoms with Crippen LogP contribution in [-0.4, -0.2) is 0 Å². The lowest BCUT2D eigenvalue weighted by atomic mass is 9.71. The maximum Gasteiger partial charge on any atom is 0.217 e. The summed E-state index contributed by atoms with van der Waals surface area (Å²) in [6, 6.07) is 17.7. The van der Waals surface area contributed by atoms with Crippen molar-refractivity contribution in [3.05, 3.63) is 65.9 Å². The van der Waals surface area contributed by atoms with E-state index in [0.29, 0.717) is 11.8 Å². The minimum Gasteiger partial charge on any atom is -0.455 e. The summed E-state index contributed by atoms with van der Waals surface area (Å²) in [5, 5.41) is 2.42. The van der Waals surface area contributed by atoms with E-state index >= 15 is 0 Å². The summed E-state index contributed by atoms with van der Waals surface area (Å²) in [5.41, 5.74) is 7.48. The van der Waals surface area contributed by atoms with Crippen LogP contribution in [0.4, 0.5) is 0 Å². The number of benzene rings is 2. The van der Waals surface area contributed by atoms with Crippen LogP contribution in [0.25, 0.3) is 33.2 Å². The summed E-state index contributed by atoms with van der Waals surface area (Å²) in [5.74, 6) is 0.920. The number of para-hydroxylation sites is 1. The van der Waals surface area contributed by atoms with Crippen LogP contribution in [0.5, 0.6) is 0 Å². The van der Waals surface area contributed by atoms with Crippen LogP contribution < -0.4 is 4.57 Å². The Bertz CT molecular complexity index is 1230. The van der Waals surface area contributed by atoms with Gasteiger partial charge in [0.25, 0.3) is 0 Å². The Hall–Kier alpha value is -2.61. The van der Waals surface area contributed by atoms with Crippen LogP contribution in [0, 0.1) is 0 Å². The molecule has 1 unspecified atom stereocenters. The maximum absolute atomic E-state index is 6.48. The van der Waals surface area contributed by atoms with Gasteiger partial charge >= 0.3 is 0 Å². The molecular weight excluding hydrogens is 354 g/mol. The van der Waals surface area contributed by atoms with Crippen molar-refractivity contribution < 1.29 is 8.98 Å². The van der Waals surface area contributed by atoms with Gasteiger partial charge in [-0.05, 0) is 23.1 Å². The van der Waals surface area contributed by atoms with E-state index in [1.54, 1.807) is 0 Å². The van der Waals surface area contributed by atoms with E-state index in [2.05, 4.69) is 93.9 Å². The molecule has 4 aromatic rings. The summed E-state index contributed by atoms with van der Waals surface area (Å²) in [7, 11) is 0. The Labute approximate surface area is 173 Å². The van der Waals surface area contributed by atoms with Gasteiger partial charge in [0.05, 0.1) is 5.56 Å². The molecule has 0 amide bonds. The standard InChI is InChI=1S/C27H30NO/c1-6-27(7-2)18(5)20-12-13-22-21-10-8-9-11-24(21)29-26(22)25(20)23-16-19(17(3)4)14-15-28(23)27/h8-18H,6-7H2,1-5H3/q+1. The van der Waals surface area contributed by atoms with Gasteiger partial charge in [-0.3, -0.25) is 0 Å². The summed E-state index contributed by atoms with van der Waals surface area (Å²) < 4.78 is 9.03. The van der Waals surface area contributed by atoms with Crippen LogP contribution in [-0.2, 0) is 5.54 Å². The van der Waals surface area contributed by atoms with E-state index in [1.807, 2.05) is 0 Å². The molecule has 0 aliphatic carbocycles. The SMILES string of the molecule is CCC1(CC)C(C)c2ccc3c(oc4ccccc43)c2-c2cc(C(C)C)cc[n+]21. The van der Waals surface area contributed by atoms with Crippen LogP contribution in [0.3, 0.4) is 0 Å². The summed E-state index contributed by atoms with van der Waals surface area (Å²) in [6.45, 7) is 11.6. The zero-order valence-corrected chi connectivity index (χ0v) is 18.1. The van der Waals surface area contributed by atoms with Gasteiger partial charge in [-0.1, -0.05) is 65.0 Å². The number of furan rings is 1. The van der Waals surface area contributed by atoms with Crippen molar-refractivity contribution in [3.8, 4) is 11.3 Å². The lowest BCUT2D eigenvalue weighted by molar-refractivity contribution is -0.762. The molecule has 2 aromatic heterocycles. The van der Waals surface area contributed by atoms with Crippen molar-refractivity contribution in [2.75, 3.05) is 0 Å². The molecule has 0 radical (unpaired) electrons.